The highest BCUT2D eigenvalue weighted by Gasteiger charge is 2.14. The zero-order valence-corrected chi connectivity index (χ0v) is 15.5. The van der Waals surface area contributed by atoms with Crippen LogP contribution in [-0.4, -0.2) is 16.8 Å². The van der Waals surface area contributed by atoms with Gasteiger partial charge in [-0.3, -0.25) is 14.9 Å². The molecule has 3 aromatic rings. The van der Waals surface area contributed by atoms with E-state index in [2.05, 4.69) is 15.6 Å². The summed E-state index contributed by atoms with van der Waals surface area (Å²) in [6, 6.07) is 9.41. The molecule has 25 heavy (non-hydrogen) atoms. The minimum absolute atomic E-state index is 0.105. The van der Waals surface area contributed by atoms with E-state index in [1.54, 1.807) is 0 Å². The van der Waals surface area contributed by atoms with E-state index in [9.17, 15) is 9.59 Å². The highest BCUT2D eigenvalue weighted by atomic mass is 32.1. The van der Waals surface area contributed by atoms with Crippen LogP contribution < -0.4 is 10.6 Å². The molecule has 2 heterocycles. The van der Waals surface area contributed by atoms with E-state index in [1.165, 1.54) is 29.6 Å². The van der Waals surface area contributed by atoms with Gasteiger partial charge in [-0.2, -0.15) is 0 Å². The van der Waals surface area contributed by atoms with Crippen molar-refractivity contribution >= 4 is 45.3 Å². The third-order valence-electron chi connectivity index (χ3n) is 3.56. The maximum atomic E-state index is 12.4. The summed E-state index contributed by atoms with van der Waals surface area (Å²) in [6.45, 7) is 3.51. The molecule has 0 aliphatic carbocycles. The maximum absolute atomic E-state index is 12.4. The Bertz CT molecular complexity index is 897. The van der Waals surface area contributed by atoms with Crippen LogP contribution in [0.4, 0.5) is 10.8 Å². The summed E-state index contributed by atoms with van der Waals surface area (Å²) in [4.78, 5) is 28.6. The molecule has 1 aromatic carbocycles. The Kier molecular flexibility index (Phi) is 5.25. The zero-order chi connectivity index (χ0) is 17.8. The lowest BCUT2D eigenvalue weighted by atomic mass is 10.1. The molecule has 0 unspecified atom stereocenters. The SMILES string of the molecule is CCc1ccsc1C(=O)Nc1nc(-c2ccc(NC(C)=O)cc2)cs1. The average molecular weight is 371 g/mol. The first-order chi connectivity index (χ1) is 12.1. The van der Waals surface area contributed by atoms with E-state index >= 15 is 0 Å². The summed E-state index contributed by atoms with van der Waals surface area (Å²) < 4.78 is 0. The van der Waals surface area contributed by atoms with Crippen LogP contribution in [0.1, 0.15) is 29.1 Å². The third kappa shape index (κ3) is 4.12. The van der Waals surface area contributed by atoms with Gasteiger partial charge in [0.05, 0.1) is 10.6 Å². The van der Waals surface area contributed by atoms with Gasteiger partial charge in [-0.25, -0.2) is 4.98 Å². The molecule has 2 N–H and O–H groups in total. The number of aromatic nitrogens is 1. The molecule has 2 amide bonds. The van der Waals surface area contributed by atoms with Gasteiger partial charge < -0.3 is 5.32 Å². The van der Waals surface area contributed by atoms with Crippen molar-refractivity contribution in [1.29, 1.82) is 0 Å². The number of benzene rings is 1. The van der Waals surface area contributed by atoms with Crippen molar-refractivity contribution in [3.8, 4) is 11.3 Å². The van der Waals surface area contributed by atoms with Crippen LogP contribution in [0.3, 0.4) is 0 Å². The Hall–Kier alpha value is -2.51. The number of carbonyl (C=O) groups excluding carboxylic acids is 2. The molecule has 0 aliphatic heterocycles. The number of anilines is 2. The van der Waals surface area contributed by atoms with Crippen molar-refractivity contribution in [2.24, 2.45) is 0 Å². The van der Waals surface area contributed by atoms with E-state index < -0.39 is 0 Å². The standard InChI is InChI=1S/C18H17N3O2S2/c1-3-12-8-9-24-16(12)17(23)21-18-20-15(10-25-18)13-4-6-14(7-5-13)19-11(2)22/h4-10H,3H2,1-2H3,(H,19,22)(H,20,21,23). The Morgan fingerprint density at radius 2 is 1.84 bits per heavy atom. The van der Waals surface area contributed by atoms with Gasteiger partial charge >= 0.3 is 0 Å². The molecule has 0 spiro atoms. The number of aryl methyl sites for hydroxylation is 1. The number of carbonyl (C=O) groups is 2. The number of hydrogen-bond acceptors (Lipinski definition) is 5. The van der Waals surface area contributed by atoms with Crippen LogP contribution in [0.2, 0.25) is 0 Å². The third-order valence-corrected chi connectivity index (χ3v) is 5.27. The van der Waals surface area contributed by atoms with Crippen molar-refractivity contribution in [2.45, 2.75) is 20.3 Å². The second kappa shape index (κ2) is 7.58. The molecule has 7 heteroatoms. The fraction of sp³-hybridized carbons (Fsp3) is 0.167. The summed E-state index contributed by atoms with van der Waals surface area (Å²) in [5.74, 6) is -0.222. The first-order valence-electron chi connectivity index (χ1n) is 7.78. The number of amides is 2. The van der Waals surface area contributed by atoms with E-state index in [-0.39, 0.29) is 11.8 Å². The van der Waals surface area contributed by atoms with Gasteiger partial charge in [0.25, 0.3) is 5.91 Å². The smallest absolute Gasteiger partial charge is 0.267 e. The number of nitrogens with zero attached hydrogens (tertiary/aromatic N) is 1. The fourth-order valence-corrected chi connectivity index (χ4v) is 3.96. The molecule has 0 radical (unpaired) electrons. The lowest BCUT2D eigenvalue weighted by Crippen LogP contribution is -2.11. The molecule has 0 saturated carbocycles. The minimum atomic E-state index is -0.117. The number of rotatable bonds is 5. The minimum Gasteiger partial charge on any atom is -0.326 e. The highest BCUT2D eigenvalue weighted by Crippen LogP contribution is 2.27. The molecular weight excluding hydrogens is 354 g/mol. The van der Waals surface area contributed by atoms with E-state index in [0.717, 1.165) is 33.8 Å². The predicted molar refractivity (Wildman–Crippen MR) is 104 cm³/mol. The molecule has 2 aromatic heterocycles. The number of thiophene rings is 1. The Labute approximate surface area is 153 Å². The molecule has 0 aliphatic rings. The zero-order valence-electron chi connectivity index (χ0n) is 13.8. The van der Waals surface area contributed by atoms with Gasteiger partial charge in [0.2, 0.25) is 5.91 Å². The van der Waals surface area contributed by atoms with Gasteiger partial charge in [0.15, 0.2) is 5.13 Å². The van der Waals surface area contributed by atoms with Crippen LogP contribution in [0.25, 0.3) is 11.3 Å². The Balaban J connectivity index is 1.72. The number of hydrogen-bond donors (Lipinski definition) is 2. The van der Waals surface area contributed by atoms with Crippen molar-refractivity contribution in [3.63, 3.8) is 0 Å². The van der Waals surface area contributed by atoms with Crippen LogP contribution in [0.15, 0.2) is 41.1 Å². The lowest BCUT2D eigenvalue weighted by Gasteiger charge is -2.03. The van der Waals surface area contributed by atoms with Gasteiger partial charge in [-0.1, -0.05) is 19.1 Å². The van der Waals surface area contributed by atoms with E-state index in [0.29, 0.717) is 5.13 Å². The molecule has 0 bridgehead atoms. The fourth-order valence-electron chi connectivity index (χ4n) is 2.36. The van der Waals surface area contributed by atoms with Crippen LogP contribution in [0, 0.1) is 0 Å². The highest BCUT2D eigenvalue weighted by molar-refractivity contribution is 7.14. The topological polar surface area (TPSA) is 71.1 Å². The lowest BCUT2D eigenvalue weighted by molar-refractivity contribution is -0.114. The molecule has 3 rings (SSSR count). The molecule has 0 saturated heterocycles. The molecular formula is C18H17N3O2S2. The molecule has 0 atom stereocenters. The summed E-state index contributed by atoms with van der Waals surface area (Å²) in [5, 5.41) is 10.00. The predicted octanol–water partition coefficient (Wildman–Crippen LogP) is 4.64. The summed E-state index contributed by atoms with van der Waals surface area (Å²) >= 11 is 2.83. The first kappa shape index (κ1) is 17.3. The van der Waals surface area contributed by atoms with Gasteiger partial charge in [0, 0.05) is 23.6 Å². The summed E-state index contributed by atoms with van der Waals surface area (Å²) in [6.07, 6.45) is 0.829. The number of nitrogens with one attached hydrogen (secondary N) is 2. The first-order valence-corrected chi connectivity index (χ1v) is 9.54. The van der Waals surface area contributed by atoms with Gasteiger partial charge in [-0.05, 0) is 35.6 Å². The van der Waals surface area contributed by atoms with Crippen molar-refractivity contribution < 1.29 is 9.59 Å². The van der Waals surface area contributed by atoms with Crippen LogP contribution in [0.5, 0.6) is 0 Å². The average Bonchev–Trinajstić information content (AvgIpc) is 3.23. The van der Waals surface area contributed by atoms with E-state index in [1.807, 2.05) is 48.0 Å². The Morgan fingerprint density at radius 3 is 2.52 bits per heavy atom. The molecule has 5 nitrogen and oxygen atoms in total. The Morgan fingerprint density at radius 1 is 1.08 bits per heavy atom. The van der Waals surface area contributed by atoms with E-state index in [4.69, 9.17) is 0 Å². The van der Waals surface area contributed by atoms with Crippen molar-refractivity contribution in [3.05, 3.63) is 51.5 Å². The second-order valence-electron chi connectivity index (χ2n) is 5.38. The largest absolute Gasteiger partial charge is 0.326 e. The van der Waals surface area contributed by atoms with Crippen LogP contribution in [-0.2, 0) is 11.2 Å². The van der Waals surface area contributed by atoms with Crippen molar-refractivity contribution in [2.75, 3.05) is 10.6 Å². The van der Waals surface area contributed by atoms with Crippen LogP contribution >= 0.6 is 22.7 Å². The quantitative estimate of drug-likeness (QED) is 0.686. The monoisotopic (exact) mass is 371 g/mol. The molecule has 0 fully saturated rings. The number of thiazole rings is 1. The van der Waals surface area contributed by atoms with Crippen molar-refractivity contribution in [1.82, 2.24) is 4.98 Å². The molecule has 128 valence electrons. The second-order valence-corrected chi connectivity index (χ2v) is 7.15. The summed E-state index contributed by atoms with van der Waals surface area (Å²) in [5.41, 5.74) is 3.51. The van der Waals surface area contributed by atoms with Gasteiger partial charge in [0.1, 0.15) is 0 Å². The maximum Gasteiger partial charge on any atom is 0.267 e. The van der Waals surface area contributed by atoms with Gasteiger partial charge in [-0.15, -0.1) is 22.7 Å². The normalized spacial score (nSPS) is 10.5. The summed E-state index contributed by atoms with van der Waals surface area (Å²) in [7, 11) is 0.